The molecule has 3 N–H and O–H groups in total. The van der Waals surface area contributed by atoms with Gasteiger partial charge in [-0.15, -0.1) is 5.10 Å². The van der Waals surface area contributed by atoms with Crippen molar-refractivity contribution < 1.29 is 4.79 Å². The molecule has 17 heavy (non-hydrogen) atoms. The van der Waals surface area contributed by atoms with Gasteiger partial charge < -0.3 is 11.1 Å². The highest BCUT2D eigenvalue weighted by Gasteiger charge is 2.17. The first kappa shape index (κ1) is 14.0. The quantitative estimate of drug-likeness (QED) is 0.763. The summed E-state index contributed by atoms with van der Waals surface area (Å²) in [5.74, 6) is -0.146. The molecule has 5 nitrogen and oxygen atoms in total. The van der Waals surface area contributed by atoms with Crippen molar-refractivity contribution in [1.29, 1.82) is 0 Å². The van der Waals surface area contributed by atoms with E-state index in [1.807, 2.05) is 13.8 Å². The third-order valence-electron chi connectivity index (χ3n) is 2.13. The molecule has 0 spiro atoms. The van der Waals surface area contributed by atoms with Gasteiger partial charge in [0.25, 0.3) is 5.91 Å². The van der Waals surface area contributed by atoms with Gasteiger partial charge in [0.2, 0.25) is 0 Å². The second-order valence-corrected chi connectivity index (χ2v) is 5.12. The van der Waals surface area contributed by atoms with Crippen molar-refractivity contribution in [3.63, 3.8) is 0 Å². The lowest BCUT2D eigenvalue weighted by Crippen LogP contribution is -2.35. The number of nitrogens with two attached hydrogens (primary N) is 1. The summed E-state index contributed by atoms with van der Waals surface area (Å²) in [7, 11) is 0. The Kier molecular flexibility index (Phi) is 5.43. The number of hydrogen-bond acceptors (Lipinski definition) is 5. The lowest BCUT2D eigenvalue weighted by atomic mass is 10.2. The lowest BCUT2D eigenvalue weighted by Gasteiger charge is -2.12. The van der Waals surface area contributed by atoms with Crippen LogP contribution in [-0.4, -0.2) is 26.5 Å². The molecule has 0 bridgehead atoms. The summed E-state index contributed by atoms with van der Waals surface area (Å²) < 4.78 is 3.81. The molecule has 0 aliphatic rings. The van der Waals surface area contributed by atoms with E-state index in [2.05, 4.69) is 14.9 Å². The fourth-order valence-electron chi connectivity index (χ4n) is 1.42. The maximum Gasteiger partial charge on any atom is 0.265 e. The third-order valence-corrected chi connectivity index (χ3v) is 3.07. The minimum absolute atomic E-state index is 0.0726. The topological polar surface area (TPSA) is 80.9 Å². The van der Waals surface area contributed by atoms with Gasteiger partial charge in [0.15, 0.2) is 0 Å². The number of nitrogens with one attached hydrogen (secondary N) is 1. The van der Waals surface area contributed by atoms with E-state index in [0.29, 0.717) is 16.3 Å². The highest BCUT2D eigenvalue weighted by Crippen LogP contribution is 2.12. The number of amides is 1. The first-order valence-corrected chi connectivity index (χ1v) is 6.63. The van der Waals surface area contributed by atoms with Gasteiger partial charge in [-0.05, 0) is 24.9 Å². The van der Waals surface area contributed by atoms with Gasteiger partial charge in [0, 0.05) is 12.5 Å². The van der Waals surface area contributed by atoms with E-state index in [1.54, 1.807) is 0 Å². The molecule has 1 aromatic rings. The number of aromatic nitrogens is 2. The summed E-state index contributed by atoms with van der Waals surface area (Å²) in [5, 5.41) is 6.79. The van der Waals surface area contributed by atoms with E-state index in [9.17, 15) is 4.79 Å². The van der Waals surface area contributed by atoms with Crippen molar-refractivity contribution in [1.82, 2.24) is 14.9 Å². The molecule has 94 valence electrons. The average molecular weight is 272 g/mol. The zero-order valence-electron chi connectivity index (χ0n) is 9.90. The van der Waals surface area contributed by atoms with E-state index >= 15 is 0 Å². The van der Waals surface area contributed by atoms with E-state index < -0.39 is 0 Å². The second-order valence-electron chi connectivity index (χ2n) is 3.84. The first-order chi connectivity index (χ1) is 8.04. The molecule has 0 fully saturated rings. The van der Waals surface area contributed by atoms with Crippen molar-refractivity contribution in [2.24, 2.45) is 5.73 Å². The minimum Gasteiger partial charge on any atom is -0.393 e. The Balaban J connectivity index is 2.63. The number of carbonyl (C=O) groups excluding carboxylic acids is 1. The summed E-state index contributed by atoms with van der Waals surface area (Å²) in [5.41, 5.74) is 6.19. The molecule has 0 aromatic carbocycles. The van der Waals surface area contributed by atoms with Gasteiger partial charge in [-0.25, -0.2) is 0 Å². The van der Waals surface area contributed by atoms with Crippen molar-refractivity contribution in [2.45, 2.75) is 39.2 Å². The molecular weight excluding hydrogens is 256 g/mol. The summed E-state index contributed by atoms with van der Waals surface area (Å²) >= 11 is 5.92. The van der Waals surface area contributed by atoms with Gasteiger partial charge in [0.1, 0.15) is 4.88 Å². The third kappa shape index (κ3) is 4.35. The van der Waals surface area contributed by atoms with Crippen LogP contribution < -0.4 is 11.1 Å². The Hall–Kier alpha value is -1.08. The summed E-state index contributed by atoms with van der Waals surface area (Å²) in [6, 6.07) is -0.0726. The zero-order chi connectivity index (χ0) is 12.8. The predicted octanol–water partition coefficient (Wildman–Crippen LogP) is 1.29. The summed E-state index contributed by atoms with van der Waals surface area (Å²) in [6.07, 6.45) is 2.20. The van der Waals surface area contributed by atoms with Crippen LogP contribution in [0.3, 0.4) is 0 Å². The van der Waals surface area contributed by atoms with Gasteiger partial charge in [-0.2, -0.15) is 0 Å². The Bertz CT molecular complexity index is 405. The van der Waals surface area contributed by atoms with Crippen LogP contribution >= 0.6 is 23.8 Å². The average Bonchev–Trinajstić information content (AvgIpc) is 2.64. The molecule has 0 aliphatic heterocycles. The highest BCUT2D eigenvalue weighted by molar-refractivity contribution is 7.80. The monoisotopic (exact) mass is 272 g/mol. The van der Waals surface area contributed by atoms with Crippen LogP contribution in [0.4, 0.5) is 0 Å². The molecule has 7 heteroatoms. The Morgan fingerprint density at radius 1 is 1.65 bits per heavy atom. The highest BCUT2D eigenvalue weighted by atomic mass is 32.1. The van der Waals surface area contributed by atoms with Crippen LogP contribution in [0.1, 0.15) is 42.1 Å². The molecule has 1 unspecified atom stereocenters. The van der Waals surface area contributed by atoms with Crippen LogP contribution in [-0.2, 0) is 6.42 Å². The maximum absolute atomic E-state index is 11.9. The van der Waals surface area contributed by atoms with Crippen LogP contribution in [0.25, 0.3) is 0 Å². The fourth-order valence-corrected chi connectivity index (χ4v) is 2.28. The number of rotatable bonds is 6. The fraction of sp³-hybridized carbons (Fsp3) is 0.600. The van der Waals surface area contributed by atoms with Crippen LogP contribution in [0.15, 0.2) is 0 Å². The summed E-state index contributed by atoms with van der Waals surface area (Å²) in [4.78, 5) is 12.9. The molecule has 1 heterocycles. The van der Waals surface area contributed by atoms with Gasteiger partial charge >= 0.3 is 0 Å². The number of hydrogen-bond donors (Lipinski definition) is 2. The predicted molar refractivity (Wildman–Crippen MR) is 72.2 cm³/mol. The molecular formula is C10H16N4OS2. The number of carbonyl (C=O) groups is 1. The van der Waals surface area contributed by atoms with E-state index in [-0.39, 0.29) is 11.9 Å². The Labute approximate surface area is 110 Å². The van der Waals surface area contributed by atoms with E-state index in [0.717, 1.165) is 30.1 Å². The van der Waals surface area contributed by atoms with E-state index in [1.165, 1.54) is 0 Å². The Morgan fingerprint density at radius 2 is 2.35 bits per heavy atom. The van der Waals surface area contributed by atoms with Gasteiger partial charge in [-0.1, -0.05) is 30.1 Å². The normalized spacial score (nSPS) is 12.1. The molecule has 1 atom stereocenters. The van der Waals surface area contributed by atoms with Crippen molar-refractivity contribution in [3.05, 3.63) is 10.6 Å². The molecule has 0 saturated heterocycles. The molecule has 1 aromatic heterocycles. The van der Waals surface area contributed by atoms with Gasteiger partial charge in [-0.3, -0.25) is 4.79 Å². The SMILES string of the molecule is CCCc1nnsc1C(=O)NC(C)CC(N)=S. The number of aryl methyl sites for hydroxylation is 1. The Morgan fingerprint density at radius 3 is 2.94 bits per heavy atom. The lowest BCUT2D eigenvalue weighted by molar-refractivity contribution is 0.0944. The molecule has 0 aliphatic carbocycles. The van der Waals surface area contributed by atoms with Crippen LogP contribution in [0.2, 0.25) is 0 Å². The number of nitrogens with zero attached hydrogens (tertiary/aromatic N) is 2. The zero-order valence-corrected chi connectivity index (χ0v) is 11.5. The maximum atomic E-state index is 11.9. The van der Waals surface area contributed by atoms with Gasteiger partial charge in [0.05, 0.1) is 10.7 Å². The number of thiocarbonyl (C=S) groups is 1. The van der Waals surface area contributed by atoms with Crippen molar-refractivity contribution >= 4 is 34.6 Å². The second kappa shape index (κ2) is 6.61. The van der Waals surface area contributed by atoms with Crippen LogP contribution in [0, 0.1) is 0 Å². The molecule has 0 radical (unpaired) electrons. The molecule has 1 amide bonds. The van der Waals surface area contributed by atoms with E-state index in [4.69, 9.17) is 18.0 Å². The molecule has 0 saturated carbocycles. The van der Waals surface area contributed by atoms with Crippen molar-refractivity contribution in [3.8, 4) is 0 Å². The molecule has 1 rings (SSSR count). The largest absolute Gasteiger partial charge is 0.393 e. The minimum atomic E-state index is -0.146. The van der Waals surface area contributed by atoms with Crippen LogP contribution in [0.5, 0.6) is 0 Å². The first-order valence-electron chi connectivity index (χ1n) is 5.45. The standard InChI is InChI=1S/C10H16N4OS2/c1-3-4-7-9(17-14-13-7)10(15)12-6(2)5-8(11)16/h6H,3-5H2,1-2H3,(H2,11,16)(H,12,15). The summed E-state index contributed by atoms with van der Waals surface area (Å²) in [6.45, 7) is 3.90. The smallest absolute Gasteiger partial charge is 0.265 e. The van der Waals surface area contributed by atoms with Crippen molar-refractivity contribution in [2.75, 3.05) is 0 Å².